The lowest BCUT2D eigenvalue weighted by Crippen LogP contribution is -2.46. The average molecular weight is 471 g/mol. The number of phenols is 1. The van der Waals surface area contributed by atoms with E-state index in [1.807, 2.05) is 0 Å². The molecular weight excluding hydrogens is 454 g/mol. The number of hydrogen-bond donors (Lipinski definition) is 2. The first-order valence-electron chi connectivity index (χ1n) is 6.87. The van der Waals surface area contributed by atoms with Crippen LogP contribution in [0.1, 0.15) is 18.0 Å². The summed E-state index contributed by atoms with van der Waals surface area (Å²) in [5.74, 6) is -0.717. The van der Waals surface area contributed by atoms with Gasteiger partial charge in [-0.2, -0.15) is 13.2 Å². The highest BCUT2D eigenvalue weighted by atomic mass is 79.9. The first-order valence-corrected chi connectivity index (χ1v) is 7.66. The van der Waals surface area contributed by atoms with Crippen LogP contribution in [0.2, 0.25) is 0 Å². The van der Waals surface area contributed by atoms with Crippen LogP contribution < -0.4 is 5.32 Å². The Morgan fingerprint density at radius 2 is 1.88 bits per heavy atom. The molecule has 1 heterocycles. The molecule has 1 fully saturated rings. The highest BCUT2D eigenvalue weighted by molar-refractivity contribution is 9.10. The third-order valence-corrected chi connectivity index (χ3v) is 4.11. The van der Waals surface area contributed by atoms with Gasteiger partial charge in [0.1, 0.15) is 0 Å². The van der Waals surface area contributed by atoms with Crippen LogP contribution >= 0.6 is 40.7 Å². The van der Waals surface area contributed by atoms with Gasteiger partial charge in [-0.15, -0.1) is 24.8 Å². The van der Waals surface area contributed by atoms with Crippen LogP contribution in [0, 0.1) is 10.1 Å². The summed E-state index contributed by atoms with van der Waals surface area (Å²) >= 11 is 3.06. The van der Waals surface area contributed by atoms with Crippen molar-refractivity contribution in [3.8, 4) is 5.75 Å². The molecule has 1 aliphatic rings. The largest absolute Gasteiger partial charge is 0.502 e. The molecule has 6 nitrogen and oxygen atoms in total. The van der Waals surface area contributed by atoms with Crippen molar-refractivity contribution in [1.82, 2.24) is 10.2 Å². The van der Waals surface area contributed by atoms with E-state index >= 15 is 0 Å². The first-order chi connectivity index (χ1) is 10.7. The molecule has 1 aliphatic heterocycles. The van der Waals surface area contributed by atoms with Gasteiger partial charge < -0.3 is 10.4 Å². The molecule has 0 amide bonds. The second-order valence-electron chi connectivity index (χ2n) is 5.24. The summed E-state index contributed by atoms with van der Waals surface area (Å²) in [7, 11) is 0. The molecule has 0 saturated carbocycles. The van der Waals surface area contributed by atoms with E-state index in [0.717, 1.165) is 6.07 Å². The normalized spacial score (nSPS) is 16.5. The molecule has 0 radical (unpaired) electrons. The molecule has 0 aromatic heterocycles. The summed E-state index contributed by atoms with van der Waals surface area (Å²) in [6, 6.07) is 1.20. The van der Waals surface area contributed by atoms with Crippen molar-refractivity contribution >= 4 is 46.4 Å². The second-order valence-corrected chi connectivity index (χ2v) is 6.16. The SMILES string of the molecule is Cl.Cl.O=[N+]([O-])c1cc(Br)cc([C@H](CC(F)(F)F)N2CCNCC2)c1O. The lowest BCUT2D eigenvalue weighted by molar-refractivity contribution is -0.386. The Morgan fingerprint density at radius 1 is 1.32 bits per heavy atom. The van der Waals surface area contributed by atoms with Gasteiger partial charge in [0.05, 0.1) is 11.3 Å². The fourth-order valence-corrected chi connectivity index (χ4v) is 3.11. The standard InChI is InChI=1S/C13H15BrF3N3O3.2ClH/c14-8-5-9(12(21)10(6-8)20(22)23)11(7-13(15,16)17)19-3-1-18-2-4-19;;/h5-6,11,18,21H,1-4,7H2;2*1H/t11-;;/m0../s1. The molecular formula is C13H17BrCl2F3N3O3. The van der Waals surface area contributed by atoms with Crippen molar-refractivity contribution in [2.24, 2.45) is 0 Å². The van der Waals surface area contributed by atoms with Gasteiger partial charge in [0.25, 0.3) is 0 Å². The molecule has 2 N–H and O–H groups in total. The van der Waals surface area contributed by atoms with Gasteiger partial charge in [0, 0.05) is 48.3 Å². The molecule has 25 heavy (non-hydrogen) atoms. The zero-order valence-corrected chi connectivity index (χ0v) is 16.0. The summed E-state index contributed by atoms with van der Waals surface area (Å²) in [6.45, 7) is 1.76. The van der Waals surface area contributed by atoms with E-state index in [-0.39, 0.29) is 34.9 Å². The Hall–Kier alpha value is -0.810. The highest BCUT2D eigenvalue weighted by Gasteiger charge is 2.38. The number of halogens is 6. The zero-order chi connectivity index (χ0) is 17.2. The molecule has 0 spiro atoms. The minimum Gasteiger partial charge on any atom is -0.502 e. The summed E-state index contributed by atoms with van der Waals surface area (Å²) < 4.78 is 39.2. The van der Waals surface area contributed by atoms with Crippen LogP contribution in [0.3, 0.4) is 0 Å². The molecule has 1 aromatic carbocycles. The fourth-order valence-electron chi connectivity index (χ4n) is 2.65. The molecule has 12 heteroatoms. The van der Waals surface area contributed by atoms with Gasteiger partial charge >= 0.3 is 11.9 Å². The van der Waals surface area contributed by atoms with E-state index in [1.165, 1.54) is 6.07 Å². The number of aromatic hydroxyl groups is 1. The van der Waals surface area contributed by atoms with Crippen molar-refractivity contribution in [1.29, 1.82) is 0 Å². The van der Waals surface area contributed by atoms with Crippen LogP contribution in [0.15, 0.2) is 16.6 Å². The molecule has 1 saturated heterocycles. The molecule has 144 valence electrons. The molecule has 1 aromatic rings. The van der Waals surface area contributed by atoms with Gasteiger partial charge in [0.15, 0.2) is 5.75 Å². The third kappa shape index (κ3) is 6.45. The van der Waals surface area contributed by atoms with Crippen LogP contribution in [0.25, 0.3) is 0 Å². The fraction of sp³-hybridized carbons (Fsp3) is 0.538. The van der Waals surface area contributed by atoms with E-state index in [4.69, 9.17) is 0 Å². The maximum absolute atomic E-state index is 13.0. The Kier molecular flexibility index (Phi) is 9.45. The van der Waals surface area contributed by atoms with Gasteiger partial charge in [-0.05, 0) is 6.07 Å². The average Bonchev–Trinajstić information content (AvgIpc) is 2.47. The predicted octanol–water partition coefficient (Wildman–Crippen LogP) is 3.81. The lowest BCUT2D eigenvalue weighted by atomic mass is 9.99. The van der Waals surface area contributed by atoms with Crippen molar-refractivity contribution in [2.75, 3.05) is 26.2 Å². The predicted molar refractivity (Wildman–Crippen MR) is 94.8 cm³/mol. The maximum Gasteiger partial charge on any atom is 0.390 e. The zero-order valence-electron chi connectivity index (χ0n) is 12.8. The maximum atomic E-state index is 13.0. The smallest absolute Gasteiger partial charge is 0.390 e. The van der Waals surface area contributed by atoms with E-state index < -0.39 is 35.0 Å². The van der Waals surface area contributed by atoms with Gasteiger partial charge in [-0.1, -0.05) is 15.9 Å². The number of hydrogen-bond acceptors (Lipinski definition) is 5. The Labute approximate surface area is 162 Å². The number of piperazine rings is 1. The van der Waals surface area contributed by atoms with Crippen LogP contribution in [-0.4, -0.2) is 47.3 Å². The number of rotatable bonds is 4. The van der Waals surface area contributed by atoms with Gasteiger partial charge in [-0.3, -0.25) is 15.0 Å². The number of nitro groups is 1. The number of alkyl halides is 3. The van der Waals surface area contributed by atoms with Crippen molar-refractivity contribution in [2.45, 2.75) is 18.6 Å². The van der Waals surface area contributed by atoms with E-state index in [2.05, 4.69) is 21.2 Å². The lowest BCUT2D eigenvalue weighted by Gasteiger charge is -2.35. The molecule has 0 bridgehead atoms. The van der Waals surface area contributed by atoms with Crippen molar-refractivity contribution in [3.63, 3.8) is 0 Å². The Morgan fingerprint density at radius 3 is 2.36 bits per heavy atom. The minimum absolute atomic E-state index is 0. The number of benzene rings is 1. The van der Waals surface area contributed by atoms with Crippen LogP contribution in [0.5, 0.6) is 5.75 Å². The van der Waals surface area contributed by atoms with Crippen molar-refractivity contribution < 1.29 is 23.2 Å². The summed E-state index contributed by atoms with van der Waals surface area (Å²) in [5, 5.41) is 24.1. The van der Waals surface area contributed by atoms with Gasteiger partial charge in [-0.25, -0.2) is 0 Å². The second kappa shape index (κ2) is 9.77. The molecule has 0 aliphatic carbocycles. The van der Waals surface area contributed by atoms with Crippen molar-refractivity contribution in [3.05, 3.63) is 32.3 Å². The number of nitro benzene ring substituents is 1. The summed E-state index contributed by atoms with van der Waals surface area (Å²) in [4.78, 5) is 11.8. The highest BCUT2D eigenvalue weighted by Crippen LogP contribution is 2.42. The molecule has 2 rings (SSSR count). The number of nitrogens with zero attached hydrogens (tertiary/aromatic N) is 2. The Bertz CT molecular complexity index is 602. The monoisotopic (exact) mass is 469 g/mol. The van der Waals surface area contributed by atoms with Crippen LogP contribution in [-0.2, 0) is 0 Å². The Balaban J connectivity index is 0.00000288. The summed E-state index contributed by atoms with van der Waals surface area (Å²) in [6.07, 6.45) is -5.65. The van der Waals surface area contributed by atoms with Crippen LogP contribution in [0.4, 0.5) is 18.9 Å². The molecule has 0 unspecified atom stereocenters. The third-order valence-electron chi connectivity index (χ3n) is 3.66. The first kappa shape index (κ1) is 24.2. The van der Waals surface area contributed by atoms with E-state index in [0.29, 0.717) is 26.2 Å². The topological polar surface area (TPSA) is 78.6 Å². The van der Waals surface area contributed by atoms with E-state index in [9.17, 15) is 28.4 Å². The molecule has 1 atom stereocenters. The number of phenolic OH excluding ortho intramolecular Hbond substituents is 1. The van der Waals surface area contributed by atoms with Gasteiger partial charge in [0.2, 0.25) is 0 Å². The quantitative estimate of drug-likeness (QED) is 0.516. The summed E-state index contributed by atoms with van der Waals surface area (Å²) in [5.41, 5.74) is -0.706. The van der Waals surface area contributed by atoms with E-state index in [1.54, 1.807) is 4.90 Å². The number of nitrogens with one attached hydrogen (secondary N) is 1. The minimum atomic E-state index is -4.46.